The second-order valence-corrected chi connectivity index (χ2v) is 11.6. The third-order valence-corrected chi connectivity index (χ3v) is 9.02. The first-order chi connectivity index (χ1) is 17.6. The van der Waals surface area contributed by atoms with Crippen LogP contribution in [0, 0.1) is 5.82 Å². The van der Waals surface area contributed by atoms with Crippen molar-refractivity contribution in [3.63, 3.8) is 0 Å². The standard InChI is InChI=1S/C23H27F6N5O3S.ClH/c1-32-13-18(31-15-32)38(36,37)34-11-9-33(10-12-34)21(5-7-22(25,26)8-6-21)14-30-20(35)19-16(23(27,28)29)3-2-4-17(19)24;/h2-4,13,15H,5-12,14H2,1H3,(H,30,35);1H. The molecule has 1 N–H and O–H groups in total. The van der Waals surface area contributed by atoms with Crippen LogP contribution in [0.3, 0.4) is 0 Å². The summed E-state index contributed by atoms with van der Waals surface area (Å²) in [4.78, 5) is 18.4. The minimum absolute atomic E-state index is 0. The first-order valence-electron chi connectivity index (χ1n) is 11.9. The molecule has 1 saturated heterocycles. The Kier molecular flexibility index (Phi) is 9.00. The van der Waals surface area contributed by atoms with E-state index in [2.05, 4.69) is 10.3 Å². The van der Waals surface area contributed by atoms with Gasteiger partial charge < -0.3 is 9.88 Å². The van der Waals surface area contributed by atoms with Crippen LogP contribution in [0.15, 0.2) is 35.7 Å². The van der Waals surface area contributed by atoms with Crippen molar-refractivity contribution in [2.75, 3.05) is 32.7 Å². The van der Waals surface area contributed by atoms with E-state index in [4.69, 9.17) is 0 Å². The summed E-state index contributed by atoms with van der Waals surface area (Å²) in [5.74, 6) is -5.59. The molecule has 0 atom stereocenters. The molecule has 1 amide bonds. The van der Waals surface area contributed by atoms with Crippen molar-refractivity contribution in [2.24, 2.45) is 7.05 Å². The highest BCUT2D eigenvalue weighted by Crippen LogP contribution is 2.42. The number of carbonyl (C=O) groups excluding carboxylic acids is 1. The molecule has 0 radical (unpaired) electrons. The lowest BCUT2D eigenvalue weighted by Gasteiger charge is -2.50. The number of imidazole rings is 1. The summed E-state index contributed by atoms with van der Waals surface area (Å²) in [6.07, 6.45) is -3.46. The third kappa shape index (κ3) is 6.52. The molecule has 1 aromatic carbocycles. The summed E-state index contributed by atoms with van der Waals surface area (Å²) in [5.41, 5.74) is -3.67. The van der Waals surface area contributed by atoms with Crippen LogP contribution >= 0.6 is 12.4 Å². The zero-order valence-electron chi connectivity index (χ0n) is 20.8. The van der Waals surface area contributed by atoms with E-state index < -0.39 is 63.4 Å². The van der Waals surface area contributed by atoms with E-state index >= 15 is 0 Å². The normalized spacial score (nSPS) is 20.3. The van der Waals surface area contributed by atoms with Crippen LogP contribution in [0.5, 0.6) is 0 Å². The Hall–Kier alpha value is -2.36. The fourth-order valence-corrected chi connectivity index (χ4v) is 6.46. The predicted molar refractivity (Wildman–Crippen MR) is 131 cm³/mol. The van der Waals surface area contributed by atoms with Crippen molar-refractivity contribution < 1.29 is 39.6 Å². The third-order valence-electron chi connectivity index (χ3n) is 7.23. The molecule has 2 fully saturated rings. The van der Waals surface area contributed by atoms with Crippen LogP contribution in [0.2, 0.25) is 0 Å². The quantitative estimate of drug-likeness (QED) is 0.509. The Bertz CT molecular complexity index is 1290. The number of hydrogen-bond acceptors (Lipinski definition) is 5. The molecule has 16 heteroatoms. The van der Waals surface area contributed by atoms with E-state index in [1.54, 1.807) is 11.9 Å². The number of halogens is 7. The van der Waals surface area contributed by atoms with Crippen molar-refractivity contribution in [3.05, 3.63) is 47.7 Å². The maximum atomic E-state index is 14.3. The first-order valence-corrected chi connectivity index (χ1v) is 13.3. The highest BCUT2D eigenvalue weighted by atomic mass is 35.5. The summed E-state index contributed by atoms with van der Waals surface area (Å²) in [5, 5.41) is 2.22. The maximum absolute atomic E-state index is 14.3. The molecule has 8 nitrogen and oxygen atoms in total. The van der Waals surface area contributed by atoms with Gasteiger partial charge >= 0.3 is 6.18 Å². The van der Waals surface area contributed by atoms with E-state index in [1.807, 2.05) is 0 Å². The molecule has 2 heterocycles. The number of hydrogen-bond donors (Lipinski definition) is 1. The molecule has 0 spiro atoms. The molecule has 39 heavy (non-hydrogen) atoms. The van der Waals surface area contributed by atoms with Gasteiger partial charge in [0.2, 0.25) is 5.92 Å². The van der Waals surface area contributed by atoms with Gasteiger partial charge in [-0.15, -0.1) is 12.4 Å². The van der Waals surface area contributed by atoms with E-state index in [-0.39, 0.29) is 63.0 Å². The molecule has 4 rings (SSSR count). The van der Waals surface area contributed by atoms with Gasteiger partial charge in [-0.3, -0.25) is 9.69 Å². The molecular formula is C23H28ClF6N5O3S. The van der Waals surface area contributed by atoms with Crippen molar-refractivity contribution in [1.82, 2.24) is 24.1 Å². The smallest absolute Gasteiger partial charge is 0.350 e. The average Bonchev–Trinajstić information content (AvgIpc) is 3.30. The highest BCUT2D eigenvalue weighted by molar-refractivity contribution is 7.89. The monoisotopic (exact) mass is 603 g/mol. The fourth-order valence-electron chi connectivity index (χ4n) is 5.07. The van der Waals surface area contributed by atoms with Gasteiger partial charge in [-0.05, 0) is 25.0 Å². The number of sulfonamides is 1. The van der Waals surface area contributed by atoms with Gasteiger partial charge in [0.25, 0.3) is 15.9 Å². The van der Waals surface area contributed by atoms with Crippen molar-refractivity contribution in [3.8, 4) is 0 Å². The van der Waals surface area contributed by atoms with Gasteiger partial charge in [0.15, 0.2) is 5.03 Å². The van der Waals surface area contributed by atoms with Crippen molar-refractivity contribution in [2.45, 2.75) is 48.3 Å². The summed E-state index contributed by atoms with van der Waals surface area (Å²) in [6, 6.07) is 2.18. The topological polar surface area (TPSA) is 87.5 Å². The van der Waals surface area contributed by atoms with Gasteiger partial charge in [-0.25, -0.2) is 26.6 Å². The predicted octanol–water partition coefficient (Wildman–Crippen LogP) is 3.68. The average molecular weight is 604 g/mol. The Morgan fingerprint density at radius 1 is 1.08 bits per heavy atom. The number of benzene rings is 1. The SMILES string of the molecule is Cl.Cn1cnc(S(=O)(=O)N2CCN(C3(CNC(=O)c4c(F)cccc4C(F)(F)F)CCC(F)(F)CC3)CC2)c1. The van der Waals surface area contributed by atoms with Gasteiger partial charge in [-0.1, -0.05) is 6.07 Å². The summed E-state index contributed by atoms with van der Waals surface area (Å²) < 4.78 is 111. The molecule has 0 bridgehead atoms. The first kappa shape index (κ1) is 31.2. The number of carbonyl (C=O) groups is 1. The van der Waals surface area contributed by atoms with Crippen molar-refractivity contribution in [1.29, 1.82) is 0 Å². The van der Waals surface area contributed by atoms with Gasteiger partial charge in [0, 0.05) is 64.3 Å². The van der Waals surface area contributed by atoms with Gasteiger partial charge in [0.1, 0.15) is 5.82 Å². The number of nitrogens with one attached hydrogen (secondary N) is 1. The number of aryl methyl sites for hydroxylation is 1. The Morgan fingerprint density at radius 3 is 2.23 bits per heavy atom. The second kappa shape index (κ2) is 11.3. The maximum Gasteiger partial charge on any atom is 0.417 e. The molecule has 1 aliphatic heterocycles. The van der Waals surface area contributed by atoms with Crippen LogP contribution < -0.4 is 5.32 Å². The molecule has 1 aromatic heterocycles. The zero-order valence-corrected chi connectivity index (χ0v) is 22.5. The Labute approximate surface area is 227 Å². The molecule has 2 aromatic rings. The van der Waals surface area contributed by atoms with Crippen LogP contribution in [0.25, 0.3) is 0 Å². The minimum atomic E-state index is -4.98. The lowest BCUT2D eigenvalue weighted by Crippen LogP contribution is -2.63. The van der Waals surface area contributed by atoms with Crippen LogP contribution in [0.4, 0.5) is 26.3 Å². The number of alkyl halides is 5. The van der Waals surface area contributed by atoms with Gasteiger partial charge in [0.05, 0.1) is 17.5 Å². The summed E-state index contributed by atoms with van der Waals surface area (Å²) in [7, 11) is -2.26. The molecule has 1 aliphatic carbocycles. The second-order valence-electron chi connectivity index (χ2n) is 9.69. The lowest BCUT2D eigenvalue weighted by atomic mass is 9.78. The summed E-state index contributed by atoms with van der Waals surface area (Å²) in [6.45, 7) is 0.0234. The number of piperazine rings is 1. The number of aromatic nitrogens is 2. The largest absolute Gasteiger partial charge is 0.417 e. The van der Waals surface area contributed by atoms with E-state index in [9.17, 15) is 39.6 Å². The van der Waals surface area contributed by atoms with E-state index in [0.717, 1.165) is 12.1 Å². The zero-order chi connectivity index (χ0) is 27.9. The molecule has 218 valence electrons. The number of rotatable bonds is 6. The Morgan fingerprint density at radius 2 is 1.69 bits per heavy atom. The van der Waals surface area contributed by atoms with Crippen LogP contribution in [0.1, 0.15) is 41.6 Å². The molecule has 2 aliphatic rings. The molecule has 1 saturated carbocycles. The Balaban J connectivity index is 0.00000420. The van der Waals surface area contributed by atoms with Crippen molar-refractivity contribution >= 4 is 28.3 Å². The summed E-state index contributed by atoms with van der Waals surface area (Å²) >= 11 is 0. The van der Waals surface area contributed by atoms with Gasteiger partial charge in [-0.2, -0.15) is 17.5 Å². The minimum Gasteiger partial charge on any atom is -0.350 e. The fraction of sp³-hybridized carbons (Fsp3) is 0.565. The number of nitrogens with zero attached hydrogens (tertiary/aromatic N) is 4. The molecular weight excluding hydrogens is 576 g/mol. The lowest BCUT2D eigenvalue weighted by molar-refractivity contribution is -0.138. The van der Waals surface area contributed by atoms with E-state index in [1.165, 1.54) is 21.4 Å². The van der Waals surface area contributed by atoms with Crippen LogP contribution in [-0.4, -0.2) is 77.3 Å². The van der Waals surface area contributed by atoms with Crippen LogP contribution in [-0.2, 0) is 23.2 Å². The van der Waals surface area contributed by atoms with E-state index in [0.29, 0.717) is 6.07 Å². The molecule has 0 unspecified atom stereocenters. The highest BCUT2D eigenvalue weighted by Gasteiger charge is 2.48. The number of amides is 1.